The van der Waals surface area contributed by atoms with E-state index in [4.69, 9.17) is 4.74 Å². The summed E-state index contributed by atoms with van der Waals surface area (Å²) in [6, 6.07) is 4.00. The topological polar surface area (TPSA) is 50.4 Å². The molecule has 4 nitrogen and oxygen atoms in total. The number of ether oxygens (including phenoxy) is 1. The molecule has 2 N–H and O–H groups in total. The molecule has 0 atom stereocenters. The van der Waals surface area contributed by atoms with Crippen LogP contribution in [0, 0.1) is 0 Å². The SMILES string of the molecule is CCCNCc1cc(Br)c(OCC(=O)NCC)c(Br)c1. The van der Waals surface area contributed by atoms with E-state index in [1.54, 1.807) is 0 Å². The second kappa shape index (κ2) is 9.37. The Balaban J connectivity index is 2.66. The third-order valence-corrected chi connectivity index (χ3v) is 3.71. The van der Waals surface area contributed by atoms with E-state index in [9.17, 15) is 4.79 Å². The van der Waals surface area contributed by atoms with Crippen LogP contribution in [0.15, 0.2) is 21.1 Å². The molecule has 1 aromatic carbocycles. The maximum atomic E-state index is 11.4. The molecule has 0 spiro atoms. The van der Waals surface area contributed by atoms with E-state index < -0.39 is 0 Å². The highest BCUT2D eigenvalue weighted by Gasteiger charge is 2.10. The summed E-state index contributed by atoms with van der Waals surface area (Å²) < 4.78 is 7.21. The summed E-state index contributed by atoms with van der Waals surface area (Å²) in [6.45, 7) is 6.43. The van der Waals surface area contributed by atoms with Crippen molar-refractivity contribution in [3.63, 3.8) is 0 Å². The minimum atomic E-state index is -0.125. The van der Waals surface area contributed by atoms with Crippen LogP contribution in [0.1, 0.15) is 25.8 Å². The summed E-state index contributed by atoms with van der Waals surface area (Å²) in [7, 11) is 0. The van der Waals surface area contributed by atoms with Gasteiger partial charge in [0, 0.05) is 13.1 Å². The number of hydrogen-bond donors (Lipinski definition) is 2. The van der Waals surface area contributed by atoms with E-state index in [0.717, 1.165) is 34.0 Å². The van der Waals surface area contributed by atoms with Crippen LogP contribution in [0.3, 0.4) is 0 Å². The van der Waals surface area contributed by atoms with Crippen molar-refractivity contribution in [2.24, 2.45) is 0 Å². The first-order chi connectivity index (χ1) is 9.58. The maximum absolute atomic E-state index is 11.4. The Labute approximate surface area is 136 Å². The van der Waals surface area contributed by atoms with Crippen molar-refractivity contribution in [3.05, 3.63) is 26.6 Å². The molecule has 0 aromatic heterocycles. The lowest BCUT2D eigenvalue weighted by Gasteiger charge is -2.12. The van der Waals surface area contributed by atoms with Crippen molar-refractivity contribution in [1.29, 1.82) is 0 Å². The summed E-state index contributed by atoms with van der Waals surface area (Å²) >= 11 is 6.96. The molecule has 0 saturated carbocycles. The number of rotatable bonds is 8. The molecule has 0 radical (unpaired) electrons. The van der Waals surface area contributed by atoms with Crippen LogP contribution in [0.25, 0.3) is 0 Å². The Morgan fingerprint density at radius 2 is 1.90 bits per heavy atom. The lowest BCUT2D eigenvalue weighted by atomic mass is 10.2. The normalized spacial score (nSPS) is 10.4. The van der Waals surface area contributed by atoms with Gasteiger partial charge >= 0.3 is 0 Å². The Hall–Kier alpha value is -0.590. The summed E-state index contributed by atoms with van der Waals surface area (Å²) in [6.07, 6.45) is 1.11. The summed E-state index contributed by atoms with van der Waals surface area (Å²) in [4.78, 5) is 11.4. The molecule has 0 aliphatic rings. The molecule has 1 rings (SSSR count). The molecule has 1 amide bonds. The van der Waals surface area contributed by atoms with E-state index in [-0.39, 0.29) is 12.5 Å². The molecule has 0 fully saturated rings. The van der Waals surface area contributed by atoms with Gasteiger partial charge in [-0.05, 0) is 69.4 Å². The zero-order chi connectivity index (χ0) is 15.0. The van der Waals surface area contributed by atoms with Crippen molar-refractivity contribution in [3.8, 4) is 5.75 Å². The number of halogens is 2. The van der Waals surface area contributed by atoms with Crippen LogP contribution in [-0.2, 0) is 11.3 Å². The predicted octanol–water partition coefficient (Wildman–Crippen LogP) is 3.23. The van der Waals surface area contributed by atoms with E-state index in [2.05, 4.69) is 49.4 Å². The Morgan fingerprint density at radius 1 is 1.25 bits per heavy atom. The van der Waals surface area contributed by atoms with Crippen LogP contribution in [0.5, 0.6) is 5.75 Å². The zero-order valence-electron chi connectivity index (χ0n) is 11.8. The highest BCUT2D eigenvalue weighted by molar-refractivity contribution is 9.11. The second-order valence-corrected chi connectivity index (χ2v) is 6.02. The molecular weight excluding hydrogens is 388 g/mol. The first-order valence-electron chi connectivity index (χ1n) is 6.66. The molecular formula is C14H20Br2N2O2. The molecule has 1 aromatic rings. The number of amides is 1. The van der Waals surface area contributed by atoms with Crippen molar-refractivity contribution >= 4 is 37.8 Å². The van der Waals surface area contributed by atoms with E-state index >= 15 is 0 Å². The minimum Gasteiger partial charge on any atom is -0.481 e. The number of carbonyl (C=O) groups is 1. The van der Waals surface area contributed by atoms with Gasteiger partial charge in [0.15, 0.2) is 6.61 Å². The lowest BCUT2D eigenvalue weighted by Crippen LogP contribution is -2.28. The fourth-order valence-electron chi connectivity index (χ4n) is 1.65. The van der Waals surface area contributed by atoms with Crippen molar-refractivity contribution in [2.75, 3.05) is 19.7 Å². The number of likely N-dealkylation sites (N-methyl/N-ethyl adjacent to an activating group) is 1. The number of hydrogen-bond acceptors (Lipinski definition) is 3. The summed E-state index contributed by atoms with van der Waals surface area (Å²) in [5, 5.41) is 6.04. The lowest BCUT2D eigenvalue weighted by molar-refractivity contribution is -0.123. The molecule has 0 aliphatic heterocycles. The van der Waals surface area contributed by atoms with Crippen molar-refractivity contribution in [1.82, 2.24) is 10.6 Å². The van der Waals surface area contributed by atoms with Crippen LogP contribution >= 0.6 is 31.9 Å². The zero-order valence-corrected chi connectivity index (χ0v) is 14.9. The molecule has 112 valence electrons. The van der Waals surface area contributed by atoms with Gasteiger partial charge in [-0.15, -0.1) is 0 Å². The summed E-state index contributed by atoms with van der Waals surface area (Å²) in [5.74, 6) is 0.524. The van der Waals surface area contributed by atoms with Gasteiger partial charge in [-0.25, -0.2) is 0 Å². The van der Waals surface area contributed by atoms with Gasteiger partial charge in [-0.1, -0.05) is 6.92 Å². The monoisotopic (exact) mass is 406 g/mol. The number of carbonyl (C=O) groups excluding carboxylic acids is 1. The highest BCUT2D eigenvalue weighted by atomic mass is 79.9. The van der Waals surface area contributed by atoms with Crippen LogP contribution in [-0.4, -0.2) is 25.6 Å². The highest BCUT2D eigenvalue weighted by Crippen LogP contribution is 2.34. The van der Waals surface area contributed by atoms with E-state index in [1.165, 1.54) is 0 Å². The first kappa shape index (κ1) is 17.5. The first-order valence-corrected chi connectivity index (χ1v) is 8.25. The van der Waals surface area contributed by atoms with E-state index in [1.807, 2.05) is 19.1 Å². The third kappa shape index (κ3) is 5.81. The molecule has 6 heteroatoms. The Kier molecular flexibility index (Phi) is 8.18. The predicted molar refractivity (Wildman–Crippen MR) is 88.0 cm³/mol. The standard InChI is InChI=1S/C14H20Br2N2O2/c1-3-5-17-8-10-6-11(15)14(12(16)7-10)20-9-13(19)18-4-2/h6-7,17H,3-5,8-9H2,1-2H3,(H,18,19). The quantitative estimate of drug-likeness (QED) is 0.650. The van der Waals surface area contributed by atoms with Crippen LogP contribution in [0.2, 0.25) is 0 Å². The van der Waals surface area contributed by atoms with Crippen LogP contribution in [0.4, 0.5) is 0 Å². The fourth-order valence-corrected chi connectivity index (χ4v) is 3.16. The van der Waals surface area contributed by atoms with Gasteiger partial charge in [-0.3, -0.25) is 4.79 Å². The Morgan fingerprint density at radius 3 is 2.45 bits per heavy atom. The fraction of sp³-hybridized carbons (Fsp3) is 0.500. The summed E-state index contributed by atoms with van der Waals surface area (Å²) in [5.41, 5.74) is 1.16. The second-order valence-electron chi connectivity index (χ2n) is 4.31. The van der Waals surface area contributed by atoms with E-state index in [0.29, 0.717) is 12.3 Å². The Bertz CT molecular complexity index is 430. The maximum Gasteiger partial charge on any atom is 0.257 e. The van der Waals surface area contributed by atoms with Crippen molar-refractivity contribution in [2.45, 2.75) is 26.8 Å². The van der Waals surface area contributed by atoms with Gasteiger partial charge < -0.3 is 15.4 Å². The molecule has 0 heterocycles. The van der Waals surface area contributed by atoms with Gasteiger partial charge in [0.1, 0.15) is 5.75 Å². The molecule has 0 aliphatic carbocycles. The van der Waals surface area contributed by atoms with Crippen molar-refractivity contribution < 1.29 is 9.53 Å². The number of benzene rings is 1. The van der Waals surface area contributed by atoms with Gasteiger partial charge in [-0.2, -0.15) is 0 Å². The molecule has 20 heavy (non-hydrogen) atoms. The molecule has 0 unspecified atom stereocenters. The number of nitrogens with one attached hydrogen (secondary N) is 2. The minimum absolute atomic E-state index is 0.0124. The van der Waals surface area contributed by atoms with Crippen LogP contribution < -0.4 is 15.4 Å². The average molecular weight is 408 g/mol. The third-order valence-electron chi connectivity index (χ3n) is 2.54. The van der Waals surface area contributed by atoms with Gasteiger partial charge in [0.05, 0.1) is 8.95 Å². The molecule has 0 saturated heterocycles. The van der Waals surface area contributed by atoms with Gasteiger partial charge in [0.2, 0.25) is 0 Å². The van der Waals surface area contributed by atoms with Gasteiger partial charge in [0.25, 0.3) is 5.91 Å². The average Bonchev–Trinajstić information content (AvgIpc) is 2.38. The smallest absolute Gasteiger partial charge is 0.257 e. The largest absolute Gasteiger partial charge is 0.481 e. The molecule has 0 bridgehead atoms.